The molecule has 2 N–H and O–H groups in total. The van der Waals surface area contributed by atoms with Crippen molar-refractivity contribution in [2.24, 2.45) is 11.8 Å². The Morgan fingerprint density at radius 2 is 2.00 bits per heavy atom. The zero-order valence-electron chi connectivity index (χ0n) is 11.1. The van der Waals surface area contributed by atoms with Crippen LogP contribution >= 0.6 is 11.6 Å². The molecule has 2 aliphatic heterocycles. The summed E-state index contributed by atoms with van der Waals surface area (Å²) in [5.41, 5.74) is -1.01. The van der Waals surface area contributed by atoms with Gasteiger partial charge in [-0.05, 0) is 18.8 Å². The van der Waals surface area contributed by atoms with Gasteiger partial charge in [-0.3, -0.25) is 19.7 Å². The van der Waals surface area contributed by atoms with Crippen LogP contribution in [-0.2, 0) is 14.4 Å². The number of fused-ring (bicyclic) bond motifs is 1. The Bertz CT molecular complexity index is 600. The van der Waals surface area contributed by atoms with Crippen molar-refractivity contribution < 1.29 is 19.2 Å². The number of imide groups is 1. The molecule has 3 atom stereocenters. The Balaban J connectivity index is 1.48. The predicted molar refractivity (Wildman–Crippen MR) is 70.4 cm³/mol. The van der Waals surface area contributed by atoms with Crippen molar-refractivity contribution >= 4 is 35.2 Å². The van der Waals surface area contributed by atoms with Gasteiger partial charge in [0.15, 0.2) is 5.54 Å². The number of Topliss-reactive ketones (excluding diaryl/α,β-unsaturated/α-hetero) is 1. The molecule has 2 heterocycles. The first-order valence-electron chi connectivity index (χ1n) is 7.03. The highest BCUT2D eigenvalue weighted by Gasteiger charge is 2.74. The predicted octanol–water partition coefficient (Wildman–Crippen LogP) is -0.617. The van der Waals surface area contributed by atoms with Gasteiger partial charge < -0.3 is 10.2 Å². The maximum absolute atomic E-state index is 12.5. The normalized spacial score (nSPS) is 39.5. The second-order valence-corrected chi connectivity index (χ2v) is 6.99. The van der Waals surface area contributed by atoms with Crippen molar-refractivity contribution in [2.45, 2.75) is 29.7 Å². The highest BCUT2D eigenvalue weighted by molar-refractivity contribution is 6.40. The summed E-state index contributed by atoms with van der Waals surface area (Å²) < 4.78 is 0. The molecule has 0 unspecified atom stereocenters. The van der Waals surface area contributed by atoms with E-state index < -0.39 is 22.4 Å². The van der Waals surface area contributed by atoms with Gasteiger partial charge in [-0.2, -0.15) is 0 Å². The Kier molecular flexibility index (Phi) is 2.34. The number of hydrogen-bond acceptors (Lipinski definition) is 4. The molecule has 2 saturated heterocycles. The van der Waals surface area contributed by atoms with Crippen molar-refractivity contribution in [1.29, 1.82) is 0 Å². The van der Waals surface area contributed by atoms with Crippen molar-refractivity contribution in [3.8, 4) is 0 Å². The van der Waals surface area contributed by atoms with Gasteiger partial charge in [0.25, 0.3) is 5.91 Å². The molecular weight excluding hydrogens is 298 g/mol. The SMILES string of the molecule is O=C1NC(=O)C2(CN(C(=O)[C@@]3(Cl)[C@@H]4CCCC(=O)[C@@H]43)C2)N1. The topological polar surface area (TPSA) is 95.6 Å². The maximum Gasteiger partial charge on any atom is 0.322 e. The summed E-state index contributed by atoms with van der Waals surface area (Å²) in [6.45, 7) is 0.233. The molecule has 0 aromatic rings. The van der Waals surface area contributed by atoms with Gasteiger partial charge >= 0.3 is 6.03 Å². The molecule has 4 aliphatic rings. The molecular formula is C13H14ClN3O4. The van der Waals surface area contributed by atoms with Crippen molar-refractivity contribution in [3.05, 3.63) is 0 Å². The van der Waals surface area contributed by atoms with E-state index in [4.69, 9.17) is 11.6 Å². The molecule has 0 bridgehead atoms. The van der Waals surface area contributed by atoms with Crippen LogP contribution in [0.5, 0.6) is 0 Å². The third-order valence-electron chi connectivity index (χ3n) is 5.12. The van der Waals surface area contributed by atoms with Gasteiger partial charge in [-0.25, -0.2) is 4.79 Å². The van der Waals surface area contributed by atoms with E-state index >= 15 is 0 Å². The second kappa shape index (κ2) is 3.76. The molecule has 0 radical (unpaired) electrons. The average Bonchev–Trinajstić information content (AvgIpc) is 2.89. The summed E-state index contributed by atoms with van der Waals surface area (Å²) in [4.78, 5) is 47.6. The largest absolute Gasteiger partial charge is 0.335 e. The van der Waals surface area contributed by atoms with Gasteiger partial charge in [0.05, 0.1) is 19.0 Å². The number of hydrogen-bond donors (Lipinski definition) is 2. The maximum atomic E-state index is 12.5. The number of urea groups is 1. The molecule has 4 rings (SSSR count). The summed E-state index contributed by atoms with van der Waals surface area (Å²) in [5.74, 6) is -1.07. The highest BCUT2D eigenvalue weighted by Crippen LogP contribution is 2.62. The molecule has 112 valence electrons. The van der Waals surface area contributed by atoms with E-state index in [9.17, 15) is 19.2 Å². The smallest absolute Gasteiger partial charge is 0.322 e. The number of alkyl halides is 1. The zero-order valence-corrected chi connectivity index (χ0v) is 11.9. The number of halogens is 1. The van der Waals surface area contributed by atoms with Crippen LogP contribution in [0.3, 0.4) is 0 Å². The van der Waals surface area contributed by atoms with E-state index in [1.165, 1.54) is 4.90 Å². The summed E-state index contributed by atoms with van der Waals surface area (Å²) in [5, 5.41) is 4.71. The molecule has 0 aromatic carbocycles. The van der Waals surface area contributed by atoms with E-state index in [1.807, 2.05) is 0 Å². The molecule has 1 spiro atoms. The first-order chi connectivity index (χ1) is 9.88. The Morgan fingerprint density at radius 3 is 2.57 bits per heavy atom. The average molecular weight is 312 g/mol. The van der Waals surface area contributed by atoms with Crippen LogP contribution < -0.4 is 10.6 Å². The lowest BCUT2D eigenvalue weighted by Crippen LogP contribution is -2.73. The van der Waals surface area contributed by atoms with Gasteiger partial charge in [0.1, 0.15) is 10.7 Å². The van der Waals surface area contributed by atoms with E-state index in [0.29, 0.717) is 6.42 Å². The van der Waals surface area contributed by atoms with Gasteiger partial charge in [0, 0.05) is 6.42 Å². The lowest BCUT2D eigenvalue weighted by molar-refractivity contribution is -0.145. The van der Waals surface area contributed by atoms with Gasteiger partial charge in [-0.15, -0.1) is 11.6 Å². The lowest BCUT2D eigenvalue weighted by Gasteiger charge is -2.46. The van der Waals surface area contributed by atoms with Gasteiger partial charge in [-0.1, -0.05) is 0 Å². The number of likely N-dealkylation sites (tertiary alicyclic amines) is 1. The van der Waals surface area contributed by atoms with Crippen molar-refractivity contribution in [3.63, 3.8) is 0 Å². The fourth-order valence-corrected chi connectivity index (χ4v) is 4.51. The van der Waals surface area contributed by atoms with Crippen LogP contribution in [0.4, 0.5) is 4.79 Å². The minimum absolute atomic E-state index is 0.0664. The zero-order chi connectivity index (χ0) is 15.0. The third kappa shape index (κ3) is 1.50. The Morgan fingerprint density at radius 1 is 1.29 bits per heavy atom. The Labute approximate surface area is 125 Å². The summed E-state index contributed by atoms with van der Waals surface area (Å²) >= 11 is 6.43. The third-order valence-corrected chi connectivity index (χ3v) is 5.80. The van der Waals surface area contributed by atoms with E-state index in [1.54, 1.807) is 0 Å². The molecule has 4 fully saturated rings. The first kappa shape index (κ1) is 13.1. The number of amides is 4. The van der Waals surface area contributed by atoms with Crippen LogP contribution in [-0.4, -0.2) is 52.0 Å². The molecule has 2 saturated carbocycles. The minimum atomic E-state index is -1.12. The molecule has 8 heteroatoms. The summed E-state index contributed by atoms with van der Waals surface area (Å²) in [6, 6.07) is -0.539. The Hall–Kier alpha value is -1.63. The highest BCUT2D eigenvalue weighted by atomic mass is 35.5. The number of carbonyl (C=O) groups is 4. The molecule has 0 aromatic heterocycles. The van der Waals surface area contributed by atoms with Crippen LogP contribution in [0.25, 0.3) is 0 Å². The van der Waals surface area contributed by atoms with Crippen LogP contribution in [0.1, 0.15) is 19.3 Å². The monoisotopic (exact) mass is 311 g/mol. The number of nitrogens with one attached hydrogen (secondary N) is 2. The van der Waals surface area contributed by atoms with Crippen molar-refractivity contribution in [1.82, 2.24) is 15.5 Å². The quantitative estimate of drug-likeness (QED) is 0.498. The van der Waals surface area contributed by atoms with E-state index in [0.717, 1.165) is 12.8 Å². The van der Waals surface area contributed by atoms with Gasteiger partial charge in [0.2, 0.25) is 5.91 Å². The second-order valence-electron chi connectivity index (χ2n) is 6.36. The lowest BCUT2D eigenvalue weighted by atomic mass is 9.89. The number of carbonyl (C=O) groups excluding carboxylic acids is 4. The molecule has 4 amide bonds. The van der Waals surface area contributed by atoms with Crippen LogP contribution in [0.2, 0.25) is 0 Å². The summed E-state index contributed by atoms with van der Waals surface area (Å²) in [6.07, 6.45) is 2.07. The fourth-order valence-electron chi connectivity index (χ4n) is 3.95. The number of rotatable bonds is 1. The van der Waals surface area contributed by atoms with E-state index in [-0.39, 0.29) is 36.6 Å². The molecule has 7 nitrogen and oxygen atoms in total. The van der Waals surface area contributed by atoms with Crippen LogP contribution in [0.15, 0.2) is 0 Å². The van der Waals surface area contributed by atoms with Crippen LogP contribution in [0, 0.1) is 11.8 Å². The van der Waals surface area contributed by atoms with E-state index in [2.05, 4.69) is 10.6 Å². The number of ketones is 1. The standard InChI is InChI=1S/C13H14ClN3O4/c14-13(6-2-1-3-7(18)8(6)13)10(20)17-4-12(5-17)9(19)15-11(21)16-12/h6,8H,1-5H2,(H2,15,16,19,21)/t6-,8-,13-/m1/s1. The summed E-state index contributed by atoms with van der Waals surface area (Å²) in [7, 11) is 0. The fraction of sp³-hybridized carbons (Fsp3) is 0.692. The molecule has 2 aliphatic carbocycles. The minimum Gasteiger partial charge on any atom is -0.335 e. The first-order valence-corrected chi connectivity index (χ1v) is 7.41. The molecule has 21 heavy (non-hydrogen) atoms. The number of nitrogens with zero attached hydrogens (tertiary/aromatic N) is 1. The van der Waals surface area contributed by atoms with Crippen molar-refractivity contribution in [2.75, 3.05) is 13.1 Å².